The van der Waals surface area contributed by atoms with Gasteiger partial charge < -0.3 is 0 Å². The van der Waals surface area contributed by atoms with Gasteiger partial charge in [0, 0.05) is 0 Å². The summed E-state index contributed by atoms with van der Waals surface area (Å²) in [7, 11) is -0.848. The molecule has 0 amide bonds. The van der Waals surface area contributed by atoms with Crippen LogP contribution in [0.15, 0.2) is 176 Å². The summed E-state index contributed by atoms with van der Waals surface area (Å²) < 4.78 is 0. The molecule has 0 atom stereocenters. The molecule has 0 aromatic heterocycles. The highest BCUT2D eigenvalue weighted by atomic mass is 31.1. The van der Waals surface area contributed by atoms with E-state index in [-0.39, 0.29) is 0 Å². The lowest BCUT2D eigenvalue weighted by Gasteiger charge is -2.22. The molecule has 0 heterocycles. The minimum atomic E-state index is -0.848. The third-order valence-corrected chi connectivity index (χ3v) is 17.5. The van der Waals surface area contributed by atoms with Crippen LogP contribution in [0.2, 0.25) is 0 Å². The topological polar surface area (TPSA) is 0 Å². The molecule has 1 heteroatoms. The van der Waals surface area contributed by atoms with E-state index in [1.165, 1.54) is 136 Å². The van der Waals surface area contributed by atoms with E-state index >= 15 is 0 Å². The van der Waals surface area contributed by atoms with Crippen LogP contribution in [0.1, 0.15) is 101 Å². The zero-order valence-electron chi connectivity index (χ0n) is 40.0. The van der Waals surface area contributed by atoms with Gasteiger partial charge >= 0.3 is 0 Å². The highest BCUT2D eigenvalue weighted by Gasteiger charge is 2.29. The van der Waals surface area contributed by atoms with Crippen molar-refractivity contribution in [3.05, 3.63) is 198 Å². The van der Waals surface area contributed by atoms with Gasteiger partial charge in [-0.15, -0.1) is 0 Å². The summed E-state index contributed by atoms with van der Waals surface area (Å²) in [4.78, 5) is 0. The van der Waals surface area contributed by atoms with Gasteiger partial charge in [-0.05, 0) is 173 Å². The molecule has 0 saturated heterocycles. The third kappa shape index (κ3) is 6.51. The molecule has 0 fully saturated rings. The molecule has 326 valence electrons. The van der Waals surface area contributed by atoms with Crippen LogP contribution in [-0.2, 0) is 0 Å². The molecule has 0 aliphatic heterocycles. The van der Waals surface area contributed by atoms with Gasteiger partial charge in [0.25, 0.3) is 0 Å². The van der Waals surface area contributed by atoms with E-state index in [0.29, 0.717) is 23.7 Å². The molecule has 0 nitrogen and oxygen atoms in total. The van der Waals surface area contributed by atoms with Crippen LogP contribution in [0, 0.1) is 0 Å². The fourth-order valence-electron chi connectivity index (χ4n) is 11.5. The Morgan fingerprint density at radius 2 is 0.672 bits per heavy atom. The van der Waals surface area contributed by atoms with Gasteiger partial charge in [-0.2, -0.15) is 0 Å². The van der Waals surface area contributed by atoms with Gasteiger partial charge in [0.15, 0.2) is 0 Å². The maximum Gasteiger partial charge on any atom is -0.000718 e. The number of hydrogen-bond acceptors (Lipinski definition) is 0. The number of hydrogen-bond donors (Lipinski definition) is 0. The largest absolute Gasteiger partial charge is 0.0622 e. The Morgan fingerprint density at radius 3 is 1.21 bits per heavy atom. The molecule has 67 heavy (non-hydrogen) atoms. The molecule has 12 rings (SSSR count). The van der Waals surface area contributed by atoms with Crippen molar-refractivity contribution in [1.29, 1.82) is 0 Å². The van der Waals surface area contributed by atoms with Crippen LogP contribution in [0.3, 0.4) is 0 Å². The van der Waals surface area contributed by atoms with Crippen molar-refractivity contribution in [2.45, 2.75) is 79.1 Å². The summed E-state index contributed by atoms with van der Waals surface area (Å²) in [6.07, 6.45) is 0. The lowest BCUT2D eigenvalue weighted by atomic mass is 9.81. The third-order valence-electron chi connectivity index (χ3n) is 15.0. The number of fused-ring (bicyclic) bond motifs is 8. The average molecular weight is 881 g/mol. The second-order valence-corrected chi connectivity index (χ2v) is 22.6. The summed E-state index contributed by atoms with van der Waals surface area (Å²) in [5, 5.41) is 23.1. The second kappa shape index (κ2) is 16.0. The first kappa shape index (κ1) is 41.8. The van der Waals surface area contributed by atoms with Crippen LogP contribution < -0.4 is 15.9 Å². The van der Waals surface area contributed by atoms with Gasteiger partial charge in [-0.25, -0.2) is 0 Å². The average Bonchev–Trinajstić information content (AvgIpc) is 3.85. The van der Waals surface area contributed by atoms with Crippen LogP contribution in [-0.4, -0.2) is 0 Å². The highest BCUT2D eigenvalue weighted by Crippen LogP contribution is 2.56. The molecule has 0 spiro atoms. The summed E-state index contributed by atoms with van der Waals surface area (Å²) in [5.41, 5.74) is 10.9. The molecule has 0 saturated carbocycles. The fraction of sp³-hybridized carbons (Fsp3) is 0.182. The Kier molecular flexibility index (Phi) is 10.0. The first-order chi connectivity index (χ1) is 32.6. The maximum atomic E-state index is 2.61. The lowest BCUT2D eigenvalue weighted by Crippen LogP contribution is -2.21. The maximum absolute atomic E-state index is 2.61. The van der Waals surface area contributed by atoms with Gasteiger partial charge in [-0.3, -0.25) is 0 Å². The molecular weight excluding hydrogens is 824 g/mol. The minimum Gasteiger partial charge on any atom is -0.0622 e. The van der Waals surface area contributed by atoms with Crippen molar-refractivity contribution in [3.8, 4) is 22.3 Å². The summed E-state index contributed by atoms with van der Waals surface area (Å²) >= 11 is 0. The Balaban J connectivity index is 1.36. The predicted octanol–water partition coefficient (Wildman–Crippen LogP) is 18.2. The smallest absolute Gasteiger partial charge is 0.000718 e. The molecule has 0 unspecified atom stereocenters. The molecule has 12 aromatic carbocycles. The van der Waals surface area contributed by atoms with Crippen molar-refractivity contribution in [2.24, 2.45) is 0 Å². The monoisotopic (exact) mass is 880 g/mol. The van der Waals surface area contributed by atoms with Crippen molar-refractivity contribution in [2.75, 3.05) is 0 Å². The van der Waals surface area contributed by atoms with E-state index in [2.05, 4.69) is 231 Å². The molecule has 0 aliphatic rings. The van der Waals surface area contributed by atoms with E-state index in [1.54, 1.807) is 0 Å². The Morgan fingerprint density at radius 1 is 0.269 bits per heavy atom. The number of benzene rings is 10. The molecular formula is C66H57P. The zero-order chi connectivity index (χ0) is 45.8. The van der Waals surface area contributed by atoms with Crippen molar-refractivity contribution < 1.29 is 0 Å². The molecule has 0 aliphatic carbocycles. The first-order valence-electron chi connectivity index (χ1n) is 24.5. The van der Waals surface area contributed by atoms with Gasteiger partial charge in [0.1, 0.15) is 0 Å². The minimum absolute atomic E-state index is 0.384. The standard InChI is InChI=1S/C66H57P/c1-38(2)42-31-43(39(3)4)34-46(33-42)60-58-37-57-51-24-16-15-23-50(51)52-25-17-27-54(62(52)57)64(58)61(47-35-44(40(5)6)32-45(36-47)41(7)8)66-56-29-30-59(53-26-18-28-55(63(53)56)65(60)66)67(48-19-11-9-12-20-48)49-21-13-10-14-22-49/h9-41H,1-8H3. The Hall–Kier alpha value is -6.59. The normalized spacial score (nSPS) is 12.6. The van der Waals surface area contributed by atoms with E-state index in [9.17, 15) is 0 Å². The lowest BCUT2D eigenvalue weighted by molar-refractivity contribution is 0.834. The van der Waals surface area contributed by atoms with Crippen molar-refractivity contribution >= 4 is 99.2 Å². The van der Waals surface area contributed by atoms with Crippen LogP contribution in [0.25, 0.3) is 97.7 Å². The van der Waals surface area contributed by atoms with Crippen molar-refractivity contribution in [3.63, 3.8) is 0 Å². The summed E-state index contributed by atoms with van der Waals surface area (Å²) in [6, 6.07) is 68.6. The van der Waals surface area contributed by atoms with E-state index < -0.39 is 7.92 Å². The zero-order valence-corrected chi connectivity index (χ0v) is 40.9. The molecule has 12 aromatic rings. The highest BCUT2D eigenvalue weighted by molar-refractivity contribution is 7.80. The second-order valence-electron chi connectivity index (χ2n) is 20.4. The SMILES string of the molecule is CC(C)c1cc(-c2c3cc4c5ccccc5c5cccc(c3c(-c3cc(C(C)C)cc(C(C)C)c3)c3c6ccc(P(c7ccccc7)c7ccccc7)c7cccc(c23)c76)c54)cc(C(C)C)c1. The number of rotatable bonds is 9. The van der Waals surface area contributed by atoms with Gasteiger partial charge in [0.05, 0.1) is 0 Å². The quantitative estimate of drug-likeness (QED) is 0.100. The van der Waals surface area contributed by atoms with Crippen molar-refractivity contribution in [1.82, 2.24) is 0 Å². The molecule has 0 bridgehead atoms. The molecule has 0 N–H and O–H groups in total. The van der Waals surface area contributed by atoms with E-state index in [0.717, 1.165) is 0 Å². The summed E-state index contributed by atoms with van der Waals surface area (Å²) in [6.45, 7) is 18.8. The molecule has 0 radical (unpaired) electrons. The van der Waals surface area contributed by atoms with E-state index in [1.807, 2.05) is 0 Å². The van der Waals surface area contributed by atoms with E-state index in [4.69, 9.17) is 0 Å². The summed E-state index contributed by atoms with van der Waals surface area (Å²) in [5.74, 6) is 1.54. The van der Waals surface area contributed by atoms with Crippen LogP contribution >= 0.6 is 7.92 Å². The van der Waals surface area contributed by atoms with Gasteiger partial charge in [-0.1, -0.05) is 225 Å². The first-order valence-corrected chi connectivity index (χ1v) is 25.9. The van der Waals surface area contributed by atoms with Crippen LogP contribution in [0.4, 0.5) is 0 Å². The fourth-order valence-corrected chi connectivity index (χ4v) is 14.0. The van der Waals surface area contributed by atoms with Crippen LogP contribution in [0.5, 0.6) is 0 Å². The Labute approximate surface area is 396 Å². The Bertz CT molecular complexity index is 3760. The van der Waals surface area contributed by atoms with Gasteiger partial charge in [0.2, 0.25) is 0 Å². The predicted molar refractivity (Wildman–Crippen MR) is 297 cm³/mol.